The van der Waals surface area contributed by atoms with Crippen LogP contribution >= 0.6 is 0 Å². The Labute approximate surface area is 80.2 Å². The highest BCUT2D eigenvalue weighted by atomic mass is 16.4. The van der Waals surface area contributed by atoms with Crippen molar-refractivity contribution in [3.8, 4) is 0 Å². The molecule has 0 aromatic carbocycles. The van der Waals surface area contributed by atoms with Crippen LogP contribution in [0.4, 0.5) is 0 Å². The summed E-state index contributed by atoms with van der Waals surface area (Å²) in [4.78, 5) is 17.9. The summed E-state index contributed by atoms with van der Waals surface area (Å²) in [6.07, 6.45) is -6.84. The Balaban J connectivity index is 0. The van der Waals surface area contributed by atoms with E-state index >= 15 is 0 Å². The molecule has 4 unspecified atom stereocenters. The van der Waals surface area contributed by atoms with Gasteiger partial charge in [-0.05, 0) is 0 Å². The third-order valence-electron chi connectivity index (χ3n) is 1.42. The molecule has 14 heavy (non-hydrogen) atoms. The van der Waals surface area contributed by atoms with Gasteiger partial charge in [0.1, 0.15) is 31.2 Å². The van der Waals surface area contributed by atoms with E-state index in [2.05, 4.69) is 0 Å². The largest absolute Gasteiger partial charge is 0.394 e. The smallest absolute Gasteiger partial charge is 0.151 e. The lowest BCUT2D eigenvalue weighted by molar-refractivity contribution is -0.136. The zero-order chi connectivity index (χ0) is 11.7. The third kappa shape index (κ3) is 5.00. The van der Waals surface area contributed by atoms with Crippen LogP contribution in [0.3, 0.4) is 0 Å². The lowest BCUT2D eigenvalue weighted by atomic mass is 10.0. The van der Waals surface area contributed by atoms with Crippen LogP contribution in [0.1, 0.15) is 0 Å². The van der Waals surface area contributed by atoms with Gasteiger partial charge in [0.05, 0.1) is 6.61 Å². The first-order chi connectivity index (χ1) is 6.54. The topological polar surface area (TPSA) is 135 Å². The molecule has 0 bridgehead atoms. The summed E-state index contributed by atoms with van der Waals surface area (Å²) in [5, 5.41) is 43.5. The van der Waals surface area contributed by atoms with Gasteiger partial charge in [0, 0.05) is 0 Å². The Hall–Kier alpha value is -0.860. The average Bonchev–Trinajstić information content (AvgIpc) is 2.27. The van der Waals surface area contributed by atoms with Gasteiger partial charge in [0.15, 0.2) is 6.29 Å². The van der Waals surface area contributed by atoms with Crippen molar-refractivity contribution in [2.45, 2.75) is 24.4 Å². The first kappa shape index (κ1) is 15.6. The van der Waals surface area contributed by atoms with Gasteiger partial charge in [-0.25, -0.2) is 0 Å². The van der Waals surface area contributed by atoms with E-state index < -0.39 is 31.0 Å². The second-order valence-electron chi connectivity index (χ2n) is 2.36. The fourth-order valence-corrected chi connectivity index (χ4v) is 0.618. The van der Waals surface area contributed by atoms with E-state index in [9.17, 15) is 4.79 Å². The molecule has 0 spiro atoms. The standard InChI is InChI=1S/C6H12O6.CH2O/c7-1-3(9)5(11)6(12)4(10)2-8;1-2/h1,3-6,8-12H,2H2;1H2. The van der Waals surface area contributed by atoms with Gasteiger partial charge in [-0.1, -0.05) is 0 Å². The lowest BCUT2D eigenvalue weighted by Crippen LogP contribution is -2.46. The maximum absolute atomic E-state index is 9.90. The van der Waals surface area contributed by atoms with Gasteiger partial charge in [-0.15, -0.1) is 0 Å². The molecule has 4 atom stereocenters. The highest BCUT2D eigenvalue weighted by molar-refractivity contribution is 5.56. The monoisotopic (exact) mass is 210 g/mol. The summed E-state index contributed by atoms with van der Waals surface area (Å²) < 4.78 is 0. The molecule has 0 aromatic heterocycles. The quantitative estimate of drug-likeness (QED) is 0.296. The zero-order valence-corrected chi connectivity index (χ0v) is 7.35. The van der Waals surface area contributed by atoms with E-state index in [4.69, 9.17) is 30.3 Å². The predicted octanol–water partition coefficient (Wildman–Crippen LogP) is -3.56. The van der Waals surface area contributed by atoms with Crippen molar-refractivity contribution in [3.05, 3.63) is 0 Å². The van der Waals surface area contributed by atoms with Crippen LogP contribution < -0.4 is 0 Å². The number of carbonyl (C=O) groups is 2. The van der Waals surface area contributed by atoms with E-state index in [1.165, 1.54) is 0 Å². The summed E-state index contributed by atoms with van der Waals surface area (Å²) in [6.45, 7) is 1.24. The zero-order valence-electron chi connectivity index (χ0n) is 7.35. The Morgan fingerprint density at radius 1 is 1.07 bits per heavy atom. The van der Waals surface area contributed by atoms with Gasteiger partial charge < -0.3 is 35.1 Å². The molecular weight excluding hydrogens is 196 g/mol. The number of aldehydes is 1. The molecule has 0 radical (unpaired) electrons. The first-order valence-electron chi connectivity index (χ1n) is 3.61. The van der Waals surface area contributed by atoms with Crippen LogP contribution in [0.5, 0.6) is 0 Å². The number of hydrogen-bond donors (Lipinski definition) is 5. The number of aliphatic hydroxyl groups excluding tert-OH is 5. The second kappa shape index (κ2) is 8.73. The van der Waals surface area contributed by atoms with Crippen molar-refractivity contribution < 1.29 is 35.1 Å². The van der Waals surface area contributed by atoms with Crippen molar-refractivity contribution in [1.82, 2.24) is 0 Å². The molecule has 0 aromatic rings. The number of hydrogen-bond acceptors (Lipinski definition) is 7. The molecule has 0 heterocycles. The van der Waals surface area contributed by atoms with Gasteiger partial charge >= 0.3 is 0 Å². The second-order valence-corrected chi connectivity index (χ2v) is 2.36. The lowest BCUT2D eigenvalue weighted by Gasteiger charge is -2.22. The minimum Gasteiger partial charge on any atom is -0.394 e. The van der Waals surface area contributed by atoms with Gasteiger partial charge in [0.25, 0.3) is 0 Å². The Morgan fingerprint density at radius 2 is 1.50 bits per heavy atom. The number of rotatable bonds is 5. The third-order valence-corrected chi connectivity index (χ3v) is 1.42. The average molecular weight is 210 g/mol. The Bertz CT molecular complexity index is 151. The van der Waals surface area contributed by atoms with Crippen LogP contribution in [0.25, 0.3) is 0 Å². The van der Waals surface area contributed by atoms with Gasteiger partial charge in [-0.2, -0.15) is 0 Å². The highest BCUT2D eigenvalue weighted by Crippen LogP contribution is 2.02. The van der Waals surface area contributed by atoms with Crippen LogP contribution in [-0.4, -0.2) is 69.6 Å². The van der Waals surface area contributed by atoms with E-state index in [1.807, 2.05) is 6.79 Å². The molecule has 7 heteroatoms. The van der Waals surface area contributed by atoms with Crippen molar-refractivity contribution in [3.63, 3.8) is 0 Å². The van der Waals surface area contributed by atoms with Crippen molar-refractivity contribution in [1.29, 1.82) is 0 Å². The maximum Gasteiger partial charge on any atom is 0.151 e. The molecule has 0 aliphatic rings. The molecule has 5 N–H and O–H groups in total. The van der Waals surface area contributed by atoms with Crippen molar-refractivity contribution >= 4 is 13.1 Å². The van der Waals surface area contributed by atoms with E-state index in [-0.39, 0.29) is 6.29 Å². The maximum atomic E-state index is 9.90. The predicted molar refractivity (Wildman–Crippen MR) is 44.3 cm³/mol. The Kier molecular flexibility index (Phi) is 9.73. The molecular formula is C7H14O7. The Morgan fingerprint density at radius 3 is 1.79 bits per heavy atom. The van der Waals surface area contributed by atoms with E-state index in [0.29, 0.717) is 0 Å². The van der Waals surface area contributed by atoms with Crippen LogP contribution in [0.15, 0.2) is 0 Å². The van der Waals surface area contributed by atoms with Crippen molar-refractivity contribution in [2.24, 2.45) is 0 Å². The normalized spacial score (nSPS) is 18.4. The molecule has 0 fully saturated rings. The summed E-state index contributed by atoms with van der Waals surface area (Å²) in [5.41, 5.74) is 0. The molecule has 84 valence electrons. The summed E-state index contributed by atoms with van der Waals surface area (Å²) in [5.74, 6) is 0. The molecule has 0 aliphatic heterocycles. The van der Waals surface area contributed by atoms with Gasteiger partial charge in [0.2, 0.25) is 0 Å². The van der Waals surface area contributed by atoms with E-state index in [1.54, 1.807) is 0 Å². The highest BCUT2D eigenvalue weighted by Gasteiger charge is 2.29. The minimum atomic E-state index is -1.79. The van der Waals surface area contributed by atoms with Crippen LogP contribution in [-0.2, 0) is 9.59 Å². The SMILES string of the molecule is C=O.O=CC(O)C(O)C(O)C(O)CO. The van der Waals surface area contributed by atoms with Crippen molar-refractivity contribution in [2.75, 3.05) is 6.61 Å². The molecule has 0 saturated carbocycles. The summed E-state index contributed by atoms with van der Waals surface area (Å²) in [7, 11) is 0. The summed E-state index contributed by atoms with van der Waals surface area (Å²) in [6, 6.07) is 0. The number of carbonyl (C=O) groups excluding carboxylic acids is 2. The molecule has 7 nitrogen and oxygen atoms in total. The molecule has 0 rings (SSSR count). The van der Waals surface area contributed by atoms with Gasteiger partial charge in [-0.3, -0.25) is 0 Å². The van der Waals surface area contributed by atoms with Crippen LogP contribution in [0, 0.1) is 0 Å². The van der Waals surface area contributed by atoms with Crippen LogP contribution in [0.2, 0.25) is 0 Å². The van der Waals surface area contributed by atoms with E-state index in [0.717, 1.165) is 0 Å². The first-order valence-corrected chi connectivity index (χ1v) is 3.61. The molecule has 0 aliphatic carbocycles. The molecule has 0 saturated heterocycles. The molecule has 0 amide bonds. The fourth-order valence-electron chi connectivity index (χ4n) is 0.618. The minimum absolute atomic E-state index is 0.0258. The summed E-state index contributed by atoms with van der Waals surface area (Å²) >= 11 is 0. The fraction of sp³-hybridized carbons (Fsp3) is 0.714. The number of aliphatic hydroxyl groups is 5.